The number of aromatic nitrogens is 4. The number of nitriles is 1. The van der Waals surface area contributed by atoms with Crippen molar-refractivity contribution in [3.8, 4) is 6.07 Å². The molecule has 5 rings (SSSR count). The summed E-state index contributed by atoms with van der Waals surface area (Å²) in [5.41, 5.74) is 1.07. The number of pyridine rings is 1. The molecule has 0 amide bonds. The van der Waals surface area contributed by atoms with Gasteiger partial charge in [0.1, 0.15) is 6.04 Å². The van der Waals surface area contributed by atoms with E-state index in [4.69, 9.17) is 4.74 Å². The zero-order chi connectivity index (χ0) is 31.6. The Balaban J connectivity index is 0.00000461. The van der Waals surface area contributed by atoms with Crippen LogP contribution in [0.5, 0.6) is 0 Å². The van der Waals surface area contributed by atoms with Crippen LogP contribution in [0.15, 0.2) is 82.9 Å². The molecular formula is C31H28BrF3N6O4. The van der Waals surface area contributed by atoms with Gasteiger partial charge in [0.25, 0.3) is 0 Å². The van der Waals surface area contributed by atoms with Gasteiger partial charge in [0.2, 0.25) is 5.95 Å². The minimum atomic E-state index is -4.63. The number of rotatable bonds is 8. The number of anilines is 2. The Hall–Kier alpha value is -4.74. The summed E-state index contributed by atoms with van der Waals surface area (Å²) in [5.74, 6) is -0.816. The second kappa shape index (κ2) is 13.5. The van der Waals surface area contributed by atoms with E-state index in [-0.39, 0.29) is 46.5 Å². The number of methoxy groups -OCH3 is 1. The van der Waals surface area contributed by atoms with Gasteiger partial charge in [0.05, 0.1) is 42.9 Å². The highest BCUT2D eigenvalue weighted by Crippen LogP contribution is 2.43. The number of aliphatic hydroxyl groups excluding tert-OH is 1. The number of aromatic amines is 1. The smallest absolute Gasteiger partial charge is 0.416 e. The third-order valence-electron chi connectivity index (χ3n) is 7.57. The third-order valence-corrected chi connectivity index (χ3v) is 7.57. The molecule has 2 aromatic carbocycles. The molecule has 1 aliphatic rings. The SMILES string of the molecule is COC(=O)C1=C(C)N(c2cccc(C(F)(F)F)c2)c2n[nH]c(=O)n2[C@@H]1c1ccc(C#N)cc1CC[n+]1ccccc1CCO.[Br-]. The van der Waals surface area contributed by atoms with E-state index in [1.807, 2.05) is 29.0 Å². The summed E-state index contributed by atoms with van der Waals surface area (Å²) < 4.78 is 49.2. The van der Waals surface area contributed by atoms with Gasteiger partial charge in [0, 0.05) is 29.9 Å². The molecule has 0 saturated heterocycles. The molecule has 234 valence electrons. The summed E-state index contributed by atoms with van der Waals surface area (Å²) in [4.78, 5) is 28.1. The van der Waals surface area contributed by atoms with Crippen LogP contribution in [0.1, 0.15) is 40.9 Å². The standard InChI is InChI=1S/C31H27F3N6O4.BrH/c1-19-26(28(42)44-2)27(40-29(36-37-30(40)43)39(19)24-8-5-6-22(17-24)31(32,33)34)25-10-9-20(18-35)16-21(25)11-14-38-13-4-3-7-23(38)12-15-41;/h3-10,13,16-17,27,41H,11-12,14-15H2,1-2H3;1H/t27-;/m1./s1. The van der Waals surface area contributed by atoms with Gasteiger partial charge in [-0.15, -0.1) is 5.10 Å². The van der Waals surface area contributed by atoms with Gasteiger partial charge in [-0.1, -0.05) is 18.2 Å². The normalized spacial score (nSPS) is 14.4. The van der Waals surface area contributed by atoms with Crippen LogP contribution in [0.3, 0.4) is 0 Å². The molecule has 3 heterocycles. The fourth-order valence-corrected chi connectivity index (χ4v) is 5.55. The Labute approximate surface area is 266 Å². The van der Waals surface area contributed by atoms with E-state index in [2.05, 4.69) is 16.3 Å². The molecule has 1 atom stereocenters. The topological polar surface area (TPSA) is 128 Å². The first-order valence-electron chi connectivity index (χ1n) is 13.6. The second-order valence-electron chi connectivity index (χ2n) is 10.1. The van der Waals surface area contributed by atoms with E-state index < -0.39 is 29.4 Å². The second-order valence-corrected chi connectivity index (χ2v) is 10.1. The number of esters is 1. The first-order valence-corrected chi connectivity index (χ1v) is 13.6. The molecule has 0 saturated carbocycles. The quantitative estimate of drug-likeness (QED) is 0.207. The molecule has 14 heteroatoms. The monoisotopic (exact) mass is 684 g/mol. The Kier molecular flexibility index (Phi) is 9.94. The Morgan fingerprint density at radius 1 is 1.16 bits per heavy atom. The molecule has 45 heavy (non-hydrogen) atoms. The van der Waals surface area contributed by atoms with Crippen LogP contribution in [0, 0.1) is 11.3 Å². The molecule has 0 spiro atoms. The van der Waals surface area contributed by atoms with Crippen LogP contribution >= 0.6 is 0 Å². The van der Waals surface area contributed by atoms with Crippen molar-refractivity contribution in [1.82, 2.24) is 14.8 Å². The average molecular weight is 686 g/mol. The number of alkyl halides is 3. The number of benzene rings is 2. The summed E-state index contributed by atoms with van der Waals surface area (Å²) in [6.45, 7) is 1.96. The summed E-state index contributed by atoms with van der Waals surface area (Å²) >= 11 is 0. The highest BCUT2D eigenvalue weighted by atomic mass is 79.9. The zero-order valence-corrected chi connectivity index (χ0v) is 25.8. The average Bonchev–Trinajstić information content (AvgIpc) is 3.39. The van der Waals surface area contributed by atoms with E-state index in [1.165, 1.54) is 28.7 Å². The zero-order valence-electron chi connectivity index (χ0n) is 24.2. The van der Waals surface area contributed by atoms with E-state index in [0.717, 1.165) is 17.8 Å². The first-order chi connectivity index (χ1) is 21.1. The van der Waals surface area contributed by atoms with Gasteiger partial charge in [-0.3, -0.25) is 4.90 Å². The van der Waals surface area contributed by atoms with Crippen LogP contribution in [0.2, 0.25) is 0 Å². The Morgan fingerprint density at radius 3 is 2.62 bits per heavy atom. The molecule has 0 radical (unpaired) electrons. The summed E-state index contributed by atoms with van der Waals surface area (Å²) in [5, 5.41) is 25.7. The molecule has 2 N–H and O–H groups in total. The molecule has 2 aromatic heterocycles. The molecule has 0 bridgehead atoms. The number of hydrogen-bond acceptors (Lipinski definition) is 7. The van der Waals surface area contributed by atoms with E-state index in [9.17, 15) is 33.1 Å². The van der Waals surface area contributed by atoms with Crippen molar-refractivity contribution >= 4 is 17.6 Å². The maximum absolute atomic E-state index is 13.6. The van der Waals surface area contributed by atoms with Crippen LogP contribution < -0.4 is 32.1 Å². The molecule has 1 aliphatic heterocycles. The van der Waals surface area contributed by atoms with Crippen molar-refractivity contribution in [1.29, 1.82) is 5.26 Å². The van der Waals surface area contributed by atoms with Crippen molar-refractivity contribution in [2.24, 2.45) is 0 Å². The fourth-order valence-electron chi connectivity index (χ4n) is 5.55. The largest absolute Gasteiger partial charge is 1.00 e. The number of H-pyrrole nitrogens is 1. The number of halogens is 4. The number of aliphatic hydroxyl groups is 1. The highest BCUT2D eigenvalue weighted by molar-refractivity contribution is 5.93. The summed E-state index contributed by atoms with van der Waals surface area (Å²) in [7, 11) is 1.18. The van der Waals surface area contributed by atoms with E-state index in [1.54, 1.807) is 25.1 Å². The van der Waals surface area contributed by atoms with E-state index >= 15 is 0 Å². The number of hydrogen-bond donors (Lipinski definition) is 2. The van der Waals surface area contributed by atoms with Crippen LogP contribution in [-0.4, -0.2) is 39.6 Å². The van der Waals surface area contributed by atoms with Gasteiger partial charge >= 0.3 is 17.8 Å². The number of nitrogens with zero attached hydrogens (tertiary/aromatic N) is 5. The van der Waals surface area contributed by atoms with E-state index in [0.29, 0.717) is 36.1 Å². The van der Waals surface area contributed by atoms with Crippen LogP contribution in [0.4, 0.5) is 24.8 Å². The number of aryl methyl sites for hydroxylation is 2. The van der Waals surface area contributed by atoms with Crippen molar-refractivity contribution < 1.29 is 49.4 Å². The first kappa shape index (κ1) is 33.2. The van der Waals surface area contributed by atoms with Gasteiger partial charge in [-0.05, 0) is 48.4 Å². The lowest BCUT2D eigenvalue weighted by Crippen LogP contribution is -3.00. The van der Waals surface area contributed by atoms with Crippen molar-refractivity contribution in [3.05, 3.63) is 117 Å². The number of ether oxygens (including phenoxy) is 1. The molecule has 0 aliphatic carbocycles. The lowest BCUT2D eigenvalue weighted by atomic mass is 9.89. The maximum Gasteiger partial charge on any atom is 0.416 e. The lowest BCUT2D eigenvalue weighted by molar-refractivity contribution is -0.703. The number of allylic oxidation sites excluding steroid dienone is 1. The lowest BCUT2D eigenvalue weighted by Gasteiger charge is -2.36. The predicted octanol–water partition coefficient (Wildman–Crippen LogP) is 0.719. The van der Waals surface area contributed by atoms with Crippen LogP contribution in [-0.2, 0) is 35.1 Å². The van der Waals surface area contributed by atoms with Crippen molar-refractivity contribution in [3.63, 3.8) is 0 Å². The predicted molar refractivity (Wildman–Crippen MR) is 152 cm³/mol. The fraction of sp³-hybridized carbons (Fsp3) is 0.258. The molecule has 4 aromatic rings. The third kappa shape index (κ3) is 6.40. The summed E-state index contributed by atoms with van der Waals surface area (Å²) in [6.07, 6.45) is -1.95. The number of nitrogens with one attached hydrogen (secondary N) is 1. The molecular weight excluding hydrogens is 657 g/mol. The van der Waals surface area contributed by atoms with Gasteiger partial charge < -0.3 is 26.8 Å². The number of carbonyl (C=O) groups excluding carboxylic acids is 1. The number of carbonyl (C=O) groups is 1. The molecule has 10 nitrogen and oxygen atoms in total. The van der Waals surface area contributed by atoms with Gasteiger partial charge in [0.15, 0.2) is 18.4 Å². The van der Waals surface area contributed by atoms with Gasteiger partial charge in [-0.2, -0.15) is 18.4 Å². The molecule has 0 fully saturated rings. The summed E-state index contributed by atoms with van der Waals surface area (Å²) in [6, 6.07) is 16.1. The van der Waals surface area contributed by atoms with Crippen molar-refractivity contribution in [2.75, 3.05) is 18.6 Å². The minimum absolute atomic E-state index is 0. The molecule has 0 unspecified atom stereocenters. The Bertz CT molecular complexity index is 1860. The Morgan fingerprint density at radius 2 is 1.93 bits per heavy atom. The maximum atomic E-state index is 13.6. The van der Waals surface area contributed by atoms with Gasteiger partial charge in [-0.25, -0.2) is 23.8 Å². The number of fused-ring (bicyclic) bond motifs is 1. The highest BCUT2D eigenvalue weighted by Gasteiger charge is 2.41. The minimum Gasteiger partial charge on any atom is -1.00 e. The van der Waals surface area contributed by atoms with Crippen molar-refractivity contribution in [2.45, 2.75) is 38.5 Å². The van der Waals surface area contributed by atoms with Crippen LogP contribution in [0.25, 0.3) is 0 Å².